The summed E-state index contributed by atoms with van der Waals surface area (Å²) in [4.78, 5) is 11.9. The molecule has 5 unspecified atom stereocenters. The minimum atomic E-state index is -0.195. The van der Waals surface area contributed by atoms with Gasteiger partial charge in [0.05, 0.1) is 11.5 Å². The zero-order valence-corrected chi connectivity index (χ0v) is 15.2. The summed E-state index contributed by atoms with van der Waals surface area (Å²) in [6.45, 7) is 9.02. The highest BCUT2D eigenvalue weighted by molar-refractivity contribution is 6.01. The number of allylic oxidation sites excluding steroid dienone is 6. The molecule has 0 aliphatic heterocycles. The third-order valence-electron chi connectivity index (χ3n) is 8.28. The van der Waals surface area contributed by atoms with Crippen molar-refractivity contribution in [3.8, 4) is 6.07 Å². The first-order chi connectivity index (χ1) is 11.2. The lowest BCUT2D eigenvalue weighted by molar-refractivity contribution is -0.110. The second-order valence-electron chi connectivity index (χ2n) is 9.16. The van der Waals surface area contributed by atoms with Gasteiger partial charge < -0.3 is 0 Å². The molecule has 2 heteroatoms. The van der Waals surface area contributed by atoms with Crippen LogP contribution in [0.25, 0.3) is 0 Å². The van der Waals surface area contributed by atoms with Crippen LogP contribution in [-0.2, 0) is 4.79 Å². The number of carbonyl (C=O) groups excluding carboxylic acids is 1. The second kappa shape index (κ2) is 4.72. The summed E-state index contributed by atoms with van der Waals surface area (Å²) in [5, 5.41) is 9.82. The van der Waals surface area contributed by atoms with E-state index in [9.17, 15) is 10.1 Å². The zero-order valence-electron chi connectivity index (χ0n) is 15.2. The highest BCUT2D eigenvalue weighted by atomic mass is 16.1. The van der Waals surface area contributed by atoms with Gasteiger partial charge in [-0.1, -0.05) is 31.6 Å². The van der Waals surface area contributed by atoms with Crippen LogP contribution in [0.5, 0.6) is 0 Å². The summed E-state index contributed by atoms with van der Waals surface area (Å²) in [5.74, 6) is 1.78. The van der Waals surface area contributed by atoms with Crippen LogP contribution in [0.2, 0.25) is 0 Å². The Labute approximate surface area is 145 Å². The van der Waals surface area contributed by atoms with Gasteiger partial charge in [0.25, 0.3) is 0 Å². The van der Waals surface area contributed by atoms with Crippen molar-refractivity contribution >= 4 is 5.78 Å². The molecule has 0 bridgehead atoms. The van der Waals surface area contributed by atoms with Crippen LogP contribution in [0, 0.1) is 45.3 Å². The number of fused-ring (bicyclic) bond motifs is 5. The van der Waals surface area contributed by atoms with E-state index in [2.05, 4.69) is 45.9 Å². The van der Waals surface area contributed by atoms with Gasteiger partial charge >= 0.3 is 0 Å². The molecule has 0 spiro atoms. The van der Waals surface area contributed by atoms with Gasteiger partial charge in [0, 0.05) is 5.41 Å². The van der Waals surface area contributed by atoms with Crippen LogP contribution < -0.4 is 0 Å². The summed E-state index contributed by atoms with van der Waals surface area (Å²) < 4.78 is 0. The third-order valence-corrected chi connectivity index (χ3v) is 8.28. The first-order valence-electron chi connectivity index (χ1n) is 9.31. The first kappa shape index (κ1) is 15.9. The molecule has 6 atom stereocenters. The fourth-order valence-corrected chi connectivity index (χ4v) is 6.51. The van der Waals surface area contributed by atoms with Gasteiger partial charge in [-0.05, 0) is 80.4 Å². The lowest BCUT2D eigenvalue weighted by Gasteiger charge is -2.56. The van der Waals surface area contributed by atoms with Crippen molar-refractivity contribution in [1.82, 2.24) is 0 Å². The minimum absolute atomic E-state index is 0.0234. The molecule has 2 saturated carbocycles. The molecule has 2 nitrogen and oxygen atoms in total. The Hall–Kier alpha value is -1.62. The smallest absolute Gasteiger partial charge is 0.178 e. The maximum absolute atomic E-state index is 11.9. The van der Waals surface area contributed by atoms with Gasteiger partial charge in [0.15, 0.2) is 5.78 Å². The molecule has 126 valence electrons. The Balaban J connectivity index is 1.82. The summed E-state index contributed by atoms with van der Waals surface area (Å²) in [7, 11) is 0. The fourth-order valence-electron chi connectivity index (χ4n) is 6.51. The van der Waals surface area contributed by atoms with Gasteiger partial charge in [0.1, 0.15) is 0 Å². The van der Waals surface area contributed by atoms with Crippen molar-refractivity contribution in [1.29, 1.82) is 5.26 Å². The molecule has 0 aromatic carbocycles. The summed E-state index contributed by atoms with van der Waals surface area (Å²) in [6.07, 6.45) is 12.7. The molecule has 4 aliphatic carbocycles. The number of hydrogen-bond acceptors (Lipinski definition) is 2. The van der Waals surface area contributed by atoms with Crippen molar-refractivity contribution in [3.05, 3.63) is 35.5 Å². The van der Waals surface area contributed by atoms with Crippen LogP contribution in [0.4, 0.5) is 0 Å². The van der Waals surface area contributed by atoms with E-state index in [4.69, 9.17) is 0 Å². The van der Waals surface area contributed by atoms with E-state index in [-0.39, 0.29) is 22.0 Å². The van der Waals surface area contributed by atoms with Crippen LogP contribution >= 0.6 is 0 Å². The summed E-state index contributed by atoms with van der Waals surface area (Å²) >= 11 is 0. The molecule has 0 heterocycles. The van der Waals surface area contributed by atoms with Crippen LogP contribution in [0.3, 0.4) is 0 Å². The minimum Gasteiger partial charge on any atom is -0.290 e. The predicted molar refractivity (Wildman–Crippen MR) is 94.9 cm³/mol. The monoisotopic (exact) mass is 321 g/mol. The zero-order chi connectivity index (χ0) is 17.3. The molecule has 4 aliphatic rings. The third kappa shape index (κ3) is 1.74. The second-order valence-corrected chi connectivity index (χ2v) is 9.16. The molecule has 24 heavy (non-hydrogen) atoms. The Morgan fingerprint density at radius 2 is 1.88 bits per heavy atom. The fraction of sp³-hybridized carbons (Fsp3) is 0.636. The van der Waals surface area contributed by atoms with Crippen molar-refractivity contribution in [2.45, 2.75) is 53.4 Å². The molecular formula is C22H27NO. The molecular weight excluding hydrogens is 294 g/mol. The average Bonchev–Trinajstić information content (AvgIpc) is 2.82. The molecule has 0 aromatic rings. The van der Waals surface area contributed by atoms with Crippen molar-refractivity contribution < 1.29 is 4.79 Å². The van der Waals surface area contributed by atoms with E-state index < -0.39 is 0 Å². The highest BCUT2D eigenvalue weighted by Gasteiger charge is 2.62. The summed E-state index contributed by atoms with van der Waals surface area (Å²) in [6, 6.07) is 2.67. The number of ketones is 1. The molecule has 0 saturated heterocycles. The number of carbonyl (C=O) groups is 1. The standard InChI is InChI=1S/C22H27NO/c1-14-11-16-17(21(3)9-5-15(24)12-19(14)21)7-10-22(4)18(16)6-8-20(22,2)13-23/h5,9,11-12,16-18H,6-8,10H2,1-4H3/t16?,17?,18?,20-,21?,22?/m1/s1. The van der Waals surface area contributed by atoms with Gasteiger partial charge in [0.2, 0.25) is 0 Å². The van der Waals surface area contributed by atoms with Crippen LogP contribution in [-0.4, -0.2) is 5.78 Å². The lowest BCUT2D eigenvalue weighted by Crippen LogP contribution is -2.50. The Morgan fingerprint density at radius 3 is 2.58 bits per heavy atom. The molecule has 0 radical (unpaired) electrons. The average molecular weight is 321 g/mol. The molecule has 0 amide bonds. The molecule has 2 fully saturated rings. The predicted octanol–water partition coefficient (Wildman–Crippen LogP) is 4.99. The molecule has 0 aromatic heterocycles. The van der Waals surface area contributed by atoms with Gasteiger partial charge in [-0.25, -0.2) is 0 Å². The summed E-state index contributed by atoms with van der Waals surface area (Å²) in [5.41, 5.74) is 2.39. The molecule has 4 rings (SSSR count). The van der Waals surface area contributed by atoms with Crippen molar-refractivity contribution in [2.75, 3.05) is 0 Å². The quantitative estimate of drug-likeness (QED) is 0.630. The van der Waals surface area contributed by atoms with E-state index >= 15 is 0 Å². The Bertz CT molecular complexity index is 750. The van der Waals surface area contributed by atoms with E-state index in [0.717, 1.165) is 25.7 Å². The van der Waals surface area contributed by atoms with Gasteiger partial charge in [-0.3, -0.25) is 4.79 Å². The van der Waals surface area contributed by atoms with Gasteiger partial charge in [-0.2, -0.15) is 5.26 Å². The van der Waals surface area contributed by atoms with Crippen LogP contribution in [0.1, 0.15) is 53.4 Å². The lowest BCUT2D eigenvalue weighted by atomic mass is 9.47. The highest BCUT2D eigenvalue weighted by Crippen LogP contribution is 2.68. The topological polar surface area (TPSA) is 40.9 Å². The van der Waals surface area contributed by atoms with Gasteiger partial charge in [-0.15, -0.1) is 0 Å². The largest absolute Gasteiger partial charge is 0.290 e. The van der Waals surface area contributed by atoms with E-state index in [1.807, 2.05) is 6.08 Å². The number of hydrogen-bond donors (Lipinski definition) is 0. The van der Waals surface area contributed by atoms with Crippen molar-refractivity contribution in [2.24, 2.45) is 34.0 Å². The first-order valence-corrected chi connectivity index (χ1v) is 9.31. The maximum Gasteiger partial charge on any atom is 0.178 e. The Kier molecular flexibility index (Phi) is 3.12. The molecule has 0 N–H and O–H groups in total. The van der Waals surface area contributed by atoms with E-state index in [0.29, 0.717) is 17.8 Å². The maximum atomic E-state index is 11.9. The number of nitriles is 1. The number of nitrogens with zero attached hydrogens (tertiary/aromatic N) is 1. The number of rotatable bonds is 0. The SMILES string of the molecule is CC1=CC2C(CCC3(C)C2CC[C@]3(C)C#N)C2(C)C=CC(=O)C=C12. The normalized spacial score (nSPS) is 49.5. The van der Waals surface area contributed by atoms with Crippen molar-refractivity contribution in [3.63, 3.8) is 0 Å². The Morgan fingerprint density at radius 1 is 1.17 bits per heavy atom. The van der Waals surface area contributed by atoms with Crippen LogP contribution in [0.15, 0.2) is 35.5 Å². The van der Waals surface area contributed by atoms with E-state index in [1.165, 1.54) is 11.1 Å². The van der Waals surface area contributed by atoms with E-state index in [1.54, 1.807) is 6.08 Å².